The van der Waals surface area contributed by atoms with Gasteiger partial charge in [0.15, 0.2) is 5.71 Å². The minimum atomic E-state index is -4.70. The molecule has 4 unspecified atom stereocenters. The van der Waals surface area contributed by atoms with Crippen LogP contribution >= 0.6 is 12.0 Å². The molecule has 13 heteroatoms. The second-order valence-electron chi connectivity index (χ2n) is 14.3. The zero-order valence-corrected chi connectivity index (χ0v) is 28.8. The second kappa shape index (κ2) is 10.5. The summed E-state index contributed by atoms with van der Waals surface area (Å²) in [5, 5.41) is 13.8. The third kappa shape index (κ3) is 4.22. The van der Waals surface area contributed by atoms with E-state index >= 15 is 0 Å². The van der Waals surface area contributed by atoms with Crippen LogP contribution in [-0.4, -0.2) is 65.6 Å². The summed E-state index contributed by atoms with van der Waals surface area (Å²) in [7, 11) is -2.69. The number of allylic oxidation sites excluding steroid dienone is 6. The predicted molar refractivity (Wildman–Crippen MR) is 172 cm³/mol. The molecule has 7 rings (SSSR count). The molecule has 0 radical (unpaired) electrons. The molecule has 4 atom stereocenters. The Labute approximate surface area is 279 Å². The summed E-state index contributed by atoms with van der Waals surface area (Å²) in [4.78, 5) is 14.5. The molecule has 5 aliphatic heterocycles. The van der Waals surface area contributed by atoms with Gasteiger partial charge in [0.1, 0.15) is 28.6 Å². The average molecular weight is 681 g/mol. The average Bonchev–Trinajstić information content (AvgIpc) is 3.80. The SMILES string of the molecule is C[N+]1=C(C=CC=CC=C2C(C)(C)c3ccc(S(=O)(=O)[O-])cc3[N+]23CCCCC32C(=O)[N+]23CC3[NH3+])C(C)(C)c2ccc(SOO[O-])cc21. The first-order chi connectivity index (χ1) is 22.1. The van der Waals surface area contributed by atoms with E-state index in [4.69, 9.17) is 0 Å². The van der Waals surface area contributed by atoms with Gasteiger partial charge in [0.25, 0.3) is 6.17 Å². The van der Waals surface area contributed by atoms with Gasteiger partial charge >= 0.3 is 11.6 Å². The van der Waals surface area contributed by atoms with E-state index in [9.17, 15) is 23.0 Å². The Bertz CT molecular complexity index is 1970. The Morgan fingerprint density at radius 1 is 1.04 bits per heavy atom. The summed E-state index contributed by atoms with van der Waals surface area (Å²) in [6.45, 7) is 9.90. The van der Waals surface area contributed by atoms with Gasteiger partial charge in [-0.2, -0.15) is 13.4 Å². The molecular weight excluding hydrogens is 641 g/mol. The monoisotopic (exact) mass is 680 g/mol. The molecule has 0 saturated carbocycles. The van der Waals surface area contributed by atoms with E-state index in [1.54, 1.807) is 6.07 Å². The summed E-state index contributed by atoms with van der Waals surface area (Å²) in [5.74, 6) is 0.169. The van der Waals surface area contributed by atoms with Crippen molar-refractivity contribution in [3.8, 4) is 0 Å². The highest BCUT2D eigenvalue weighted by Crippen LogP contribution is 2.70. The molecule has 0 aliphatic carbocycles. The molecule has 5 aliphatic rings. The molecule has 1 amide bonds. The number of carbonyl (C=O) groups excluding carboxylic acids is 1. The molecule has 2 aromatic carbocycles. The molecule has 3 fully saturated rings. The first-order valence-electron chi connectivity index (χ1n) is 15.8. The molecule has 3 saturated heterocycles. The number of hydrogen-bond acceptors (Lipinski definition) is 8. The molecule has 5 heterocycles. The maximum atomic E-state index is 14.0. The summed E-state index contributed by atoms with van der Waals surface area (Å²) >= 11 is 0.862. The van der Waals surface area contributed by atoms with E-state index in [1.807, 2.05) is 43.5 Å². The minimum absolute atomic E-state index is 0.0240. The number of benzene rings is 2. The number of piperidine rings is 1. The van der Waals surface area contributed by atoms with Gasteiger partial charge in [-0.15, -0.1) is 4.48 Å². The summed E-state index contributed by atoms with van der Waals surface area (Å²) in [5.41, 5.74) is 8.68. The van der Waals surface area contributed by atoms with Gasteiger partial charge in [0, 0.05) is 34.2 Å². The van der Waals surface area contributed by atoms with Crippen molar-refractivity contribution in [1.29, 1.82) is 0 Å². The molecule has 0 aromatic heterocycles. The van der Waals surface area contributed by atoms with Crippen molar-refractivity contribution in [1.82, 2.24) is 4.48 Å². The number of carbonyl (C=O) groups is 1. The quantitative estimate of drug-likeness (QED) is 0.0687. The van der Waals surface area contributed by atoms with Crippen LogP contribution in [0.25, 0.3) is 0 Å². The number of nitrogens with zero attached hydrogens (tertiary/aromatic N) is 3. The molecule has 3 N–H and O–H groups in total. The van der Waals surface area contributed by atoms with Crippen LogP contribution in [0.5, 0.6) is 0 Å². The van der Waals surface area contributed by atoms with Crippen LogP contribution in [0.4, 0.5) is 11.4 Å². The van der Waals surface area contributed by atoms with E-state index in [0.717, 1.165) is 63.7 Å². The zero-order valence-electron chi connectivity index (χ0n) is 27.2. The lowest BCUT2D eigenvalue weighted by molar-refractivity contribution is -0.777. The van der Waals surface area contributed by atoms with Crippen molar-refractivity contribution >= 4 is 45.2 Å². The van der Waals surface area contributed by atoms with Gasteiger partial charge in [-0.3, -0.25) is 5.04 Å². The third-order valence-corrected chi connectivity index (χ3v) is 12.9. The molecular formula is C34H40N4O7S2+2. The topological polar surface area (TPSA) is 146 Å². The number of fused-ring (bicyclic) bond motifs is 5. The normalized spacial score (nSPS) is 32.5. The van der Waals surface area contributed by atoms with Crippen molar-refractivity contribution in [2.24, 2.45) is 0 Å². The minimum Gasteiger partial charge on any atom is -0.744 e. The van der Waals surface area contributed by atoms with Gasteiger partial charge in [0.05, 0.1) is 40.7 Å². The number of rotatable bonds is 7. The van der Waals surface area contributed by atoms with Gasteiger partial charge in [-0.1, -0.05) is 30.4 Å². The van der Waals surface area contributed by atoms with Crippen LogP contribution in [-0.2, 0) is 35.1 Å². The molecule has 47 heavy (non-hydrogen) atoms. The van der Waals surface area contributed by atoms with Crippen molar-refractivity contribution in [3.63, 3.8) is 0 Å². The van der Waals surface area contributed by atoms with Gasteiger partial charge in [-0.25, -0.2) is 13.2 Å². The fourth-order valence-corrected chi connectivity index (χ4v) is 10.2. The van der Waals surface area contributed by atoms with Crippen LogP contribution in [0.3, 0.4) is 0 Å². The zero-order chi connectivity index (χ0) is 33.8. The molecule has 0 bridgehead atoms. The Morgan fingerprint density at radius 2 is 1.77 bits per heavy atom. The predicted octanol–water partition coefficient (Wildman–Crippen LogP) is 2.94. The highest BCUT2D eigenvalue weighted by molar-refractivity contribution is 7.94. The van der Waals surface area contributed by atoms with Gasteiger partial charge in [-0.05, 0) is 58.7 Å². The van der Waals surface area contributed by atoms with Crippen LogP contribution in [0.2, 0.25) is 0 Å². The van der Waals surface area contributed by atoms with E-state index < -0.39 is 21.2 Å². The largest absolute Gasteiger partial charge is 0.744 e. The Morgan fingerprint density at radius 3 is 2.43 bits per heavy atom. The van der Waals surface area contributed by atoms with Gasteiger partial charge in [0.2, 0.25) is 12.2 Å². The van der Waals surface area contributed by atoms with E-state index in [0.29, 0.717) is 24.0 Å². The summed E-state index contributed by atoms with van der Waals surface area (Å²) in [6.07, 6.45) is 12.6. The van der Waals surface area contributed by atoms with Crippen LogP contribution < -0.4 is 15.5 Å². The molecule has 3 spiro atoms. The van der Waals surface area contributed by atoms with Crippen molar-refractivity contribution in [2.45, 2.75) is 79.4 Å². The van der Waals surface area contributed by atoms with Gasteiger partial charge < -0.3 is 15.5 Å². The second-order valence-corrected chi connectivity index (χ2v) is 16.5. The summed E-state index contributed by atoms with van der Waals surface area (Å²) < 4.78 is 43.9. The number of hydrogen-bond donors (Lipinski definition) is 1. The van der Waals surface area contributed by atoms with E-state index in [1.165, 1.54) is 12.1 Å². The van der Waals surface area contributed by atoms with Crippen molar-refractivity contribution < 1.29 is 47.2 Å². The lowest BCUT2D eigenvalue weighted by Gasteiger charge is -2.42. The van der Waals surface area contributed by atoms with Crippen molar-refractivity contribution in [2.75, 3.05) is 20.1 Å². The number of amides is 1. The van der Waals surface area contributed by atoms with Crippen LogP contribution in [0.1, 0.15) is 58.1 Å². The third-order valence-electron chi connectivity index (χ3n) is 11.5. The lowest BCUT2D eigenvalue weighted by atomic mass is 9.81. The maximum Gasteiger partial charge on any atom is 0.447 e. The standard InChI is InChI=1S/C34H39N4O7S2/c1-32(2)24-15-13-22(46-45-44-40)19-26(24)36(5)28(32)11-7-6-8-12-29-33(3,4)25-16-14-23(47(41,42)43)20-27(25)37(29)18-10-9-17-34(37)31(39)38(34)21-30(38)35/h6-8,11-16,19-20,30H,9-10,17-18,21,35H2,1-5H3/q+1/p+1. The lowest BCUT2D eigenvalue weighted by Crippen LogP contribution is -2.66. The molecule has 2 aromatic rings. The van der Waals surface area contributed by atoms with Crippen LogP contribution in [0.15, 0.2) is 82.3 Å². The first kappa shape index (κ1) is 32.6. The van der Waals surface area contributed by atoms with E-state index in [2.05, 4.69) is 59.5 Å². The maximum absolute atomic E-state index is 14.0. The van der Waals surface area contributed by atoms with E-state index in [-0.39, 0.29) is 26.9 Å². The molecule has 248 valence electrons. The summed E-state index contributed by atoms with van der Waals surface area (Å²) in [6, 6.07) is 10.6. The smallest absolute Gasteiger partial charge is 0.447 e. The number of quaternary nitrogens is 3. The fraction of sp³-hybridized carbons (Fsp3) is 0.412. The Hall–Kier alpha value is -2.98. The Balaban J connectivity index is 1.29. The van der Waals surface area contributed by atoms with Crippen molar-refractivity contribution in [3.05, 3.63) is 83.6 Å². The highest BCUT2D eigenvalue weighted by Gasteiger charge is 3.04. The van der Waals surface area contributed by atoms with Crippen LogP contribution in [0, 0.1) is 0 Å². The Kier molecular flexibility index (Phi) is 7.28. The highest BCUT2D eigenvalue weighted by atomic mass is 32.2. The molecule has 11 nitrogen and oxygen atoms in total. The first-order valence-corrected chi connectivity index (χ1v) is 18.0. The fourth-order valence-electron chi connectivity index (χ4n) is 9.30.